The fraction of sp³-hybridized carbons (Fsp3) is 0.300. The molecule has 0 spiro atoms. The number of hydrogen-bond acceptors (Lipinski definition) is 7. The molecular weight excluding hydrogens is 296 g/mol. The number of methoxy groups -OCH3 is 1. The number of carbonyl (C=O) groups excluding carboxylic acids is 1. The van der Waals surface area contributed by atoms with Crippen LogP contribution in [0.4, 0.5) is 11.4 Å². The number of halogens is 1. The van der Waals surface area contributed by atoms with Crippen LogP contribution in [-0.2, 0) is 14.4 Å². The van der Waals surface area contributed by atoms with Gasteiger partial charge in [0.25, 0.3) is 5.75 Å². The third kappa shape index (κ3) is 2.62. The lowest BCUT2D eigenvalue weighted by atomic mass is 9.98. The Morgan fingerprint density at radius 2 is 1.70 bits per heavy atom. The van der Waals surface area contributed by atoms with Crippen molar-refractivity contribution in [2.75, 3.05) is 7.11 Å². The van der Waals surface area contributed by atoms with E-state index in [-0.39, 0.29) is 5.56 Å². The number of rotatable bonds is 4. The van der Waals surface area contributed by atoms with Gasteiger partial charge in [-0.2, -0.15) is 0 Å². The SMILES string of the molecule is COC(=O)C(C)(Cl)c1cc([N+](=O)[O-])c(O)c([N+](=O)[O-])c1. The highest BCUT2D eigenvalue weighted by molar-refractivity contribution is 6.33. The van der Waals surface area contributed by atoms with Gasteiger partial charge in [0.2, 0.25) is 0 Å². The van der Waals surface area contributed by atoms with Gasteiger partial charge in [-0.3, -0.25) is 20.2 Å². The molecule has 0 amide bonds. The molecule has 108 valence electrons. The number of nitrogens with zero attached hydrogens (tertiary/aromatic N) is 2. The van der Waals surface area contributed by atoms with Crippen molar-refractivity contribution in [1.29, 1.82) is 0 Å². The molecule has 1 aromatic carbocycles. The van der Waals surface area contributed by atoms with Gasteiger partial charge in [0.15, 0.2) is 4.87 Å². The van der Waals surface area contributed by atoms with Crippen molar-refractivity contribution < 1.29 is 24.5 Å². The van der Waals surface area contributed by atoms with Crippen molar-refractivity contribution in [3.8, 4) is 5.75 Å². The summed E-state index contributed by atoms with van der Waals surface area (Å²) in [6.07, 6.45) is 0. The lowest BCUT2D eigenvalue weighted by molar-refractivity contribution is -0.396. The normalized spacial score (nSPS) is 13.3. The van der Waals surface area contributed by atoms with E-state index in [0.717, 1.165) is 19.2 Å². The molecule has 0 heterocycles. The van der Waals surface area contributed by atoms with Gasteiger partial charge in [-0.1, -0.05) is 0 Å². The quantitative estimate of drug-likeness (QED) is 0.388. The molecule has 1 rings (SSSR count). The fourth-order valence-electron chi connectivity index (χ4n) is 1.46. The lowest BCUT2D eigenvalue weighted by Gasteiger charge is -2.19. The highest BCUT2D eigenvalue weighted by Gasteiger charge is 2.38. The van der Waals surface area contributed by atoms with E-state index in [9.17, 15) is 30.1 Å². The fourth-order valence-corrected chi connectivity index (χ4v) is 1.65. The highest BCUT2D eigenvalue weighted by atomic mass is 35.5. The lowest BCUT2D eigenvalue weighted by Crippen LogP contribution is -2.27. The Morgan fingerprint density at radius 1 is 1.30 bits per heavy atom. The molecule has 0 fully saturated rings. The second-order valence-electron chi connectivity index (χ2n) is 3.87. The summed E-state index contributed by atoms with van der Waals surface area (Å²) in [5.41, 5.74) is -2.09. The monoisotopic (exact) mass is 304 g/mol. The van der Waals surface area contributed by atoms with E-state index in [1.54, 1.807) is 0 Å². The van der Waals surface area contributed by atoms with Gasteiger partial charge in [-0.15, -0.1) is 11.6 Å². The van der Waals surface area contributed by atoms with E-state index in [4.69, 9.17) is 11.6 Å². The van der Waals surface area contributed by atoms with Crippen molar-refractivity contribution in [1.82, 2.24) is 0 Å². The van der Waals surface area contributed by atoms with E-state index in [1.807, 2.05) is 0 Å². The third-order valence-electron chi connectivity index (χ3n) is 2.57. The van der Waals surface area contributed by atoms with Crippen LogP contribution in [0.1, 0.15) is 12.5 Å². The van der Waals surface area contributed by atoms with Crippen LogP contribution in [0.2, 0.25) is 0 Å². The molecule has 0 saturated heterocycles. The number of nitro benzene ring substituents is 2. The Labute approximate surface area is 117 Å². The smallest absolute Gasteiger partial charge is 0.331 e. The molecule has 1 N–H and O–H groups in total. The van der Waals surface area contributed by atoms with Crippen LogP contribution in [0, 0.1) is 20.2 Å². The molecule has 1 atom stereocenters. The Hall–Kier alpha value is -2.42. The van der Waals surface area contributed by atoms with Crippen molar-refractivity contribution in [3.05, 3.63) is 37.9 Å². The topological polar surface area (TPSA) is 133 Å². The maximum atomic E-state index is 11.5. The summed E-state index contributed by atoms with van der Waals surface area (Å²) < 4.78 is 4.43. The first-order valence-electron chi connectivity index (χ1n) is 5.06. The minimum Gasteiger partial charge on any atom is -0.497 e. The molecule has 20 heavy (non-hydrogen) atoms. The average Bonchev–Trinajstić information content (AvgIpc) is 2.36. The van der Waals surface area contributed by atoms with Crippen LogP contribution in [-0.4, -0.2) is 28.0 Å². The number of phenolic OH excluding ortho intramolecular Hbond substituents is 1. The van der Waals surface area contributed by atoms with Crippen molar-refractivity contribution >= 4 is 28.9 Å². The summed E-state index contributed by atoms with van der Waals surface area (Å²) in [6, 6.07) is 1.57. The van der Waals surface area contributed by atoms with Crippen LogP contribution < -0.4 is 0 Å². The van der Waals surface area contributed by atoms with Gasteiger partial charge in [-0.05, 0) is 12.5 Å². The van der Waals surface area contributed by atoms with Crippen LogP contribution in [0.25, 0.3) is 0 Å². The summed E-state index contributed by atoms with van der Waals surface area (Å²) in [4.78, 5) is 29.2. The van der Waals surface area contributed by atoms with Gasteiger partial charge in [0, 0.05) is 12.1 Å². The third-order valence-corrected chi connectivity index (χ3v) is 2.95. The van der Waals surface area contributed by atoms with Crippen LogP contribution in [0.5, 0.6) is 5.75 Å². The number of alkyl halides is 1. The maximum absolute atomic E-state index is 11.5. The average molecular weight is 305 g/mol. The summed E-state index contributed by atoms with van der Waals surface area (Å²) >= 11 is 5.92. The summed E-state index contributed by atoms with van der Waals surface area (Å²) in [5, 5.41) is 31.0. The number of esters is 1. The van der Waals surface area contributed by atoms with Crippen LogP contribution in [0.15, 0.2) is 12.1 Å². The number of ether oxygens (including phenoxy) is 1. The molecule has 0 aromatic heterocycles. The van der Waals surface area contributed by atoms with Gasteiger partial charge < -0.3 is 9.84 Å². The predicted molar refractivity (Wildman–Crippen MR) is 66.6 cm³/mol. The zero-order chi connectivity index (χ0) is 15.7. The minimum absolute atomic E-state index is 0.234. The molecule has 0 aliphatic heterocycles. The second-order valence-corrected chi connectivity index (χ2v) is 4.63. The number of phenols is 1. The number of aromatic hydroxyl groups is 1. The summed E-state index contributed by atoms with van der Waals surface area (Å²) in [6.45, 7) is 1.17. The van der Waals surface area contributed by atoms with Crippen molar-refractivity contribution in [3.63, 3.8) is 0 Å². The number of nitro groups is 2. The summed E-state index contributed by atoms with van der Waals surface area (Å²) in [5.74, 6) is -2.06. The summed E-state index contributed by atoms with van der Waals surface area (Å²) in [7, 11) is 1.05. The molecule has 1 unspecified atom stereocenters. The predicted octanol–water partition coefficient (Wildman–Crippen LogP) is 1.84. The van der Waals surface area contributed by atoms with Gasteiger partial charge in [0.1, 0.15) is 0 Å². The first kappa shape index (κ1) is 15.6. The zero-order valence-electron chi connectivity index (χ0n) is 10.3. The number of carbonyl (C=O) groups is 1. The maximum Gasteiger partial charge on any atom is 0.331 e. The Kier molecular flexibility index (Phi) is 4.14. The molecule has 0 saturated carbocycles. The van der Waals surface area contributed by atoms with Gasteiger partial charge >= 0.3 is 17.3 Å². The molecule has 1 aromatic rings. The molecule has 0 aliphatic carbocycles. The Bertz CT molecular complexity index is 564. The highest BCUT2D eigenvalue weighted by Crippen LogP contribution is 2.41. The molecule has 0 radical (unpaired) electrons. The van der Waals surface area contributed by atoms with Crippen molar-refractivity contribution in [2.24, 2.45) is 0 Å². The Balaban J connectivity index is 3.61. The second kappa shape index (κ2) is 5.29. The first-order chi connectivity index (χ1) is 9.12. The number of hydrogen-bond donors (Lipinski definition) is 1. The van der Waals surface area contributed by atoms with E-state index in [1.165, 1.54) is 6.92 Å². The number of benzene rings is 1. The Morgan fingerprint density at radius 3 is 2.00 bits per heavy atom. The van der Waals surface area contributed by atoms with Gasteiger partial charge in [0.05, 0.1) is 17.0 Å². The van der Waals surface area contributed by atoms with Crippen molar-refractivity contribution in [2.45, 2.75) is 11.8 Å². The van der Waals surface area contributed by atoms with E-state index >= 15 is 0 Å². The van der Waals surface area contributed by atoms with Crippen LogP contribution in [0.3, 0.4) is 0 Å². The zero-order valence-corrected chi connectivity index (χ0v) is 11.1. The molecule has 10 heteroatoms. The molecule has 0 bridgehead atoms. The van der Waals surface area contributed by atoms with E-state index in [0.29, 0.717) is 0 Å². The standard InChI is InChI=1S/C10H9ClN2O7/c1-10(11,9(15)20-2)5-3-6(12(16)17)8(14)7(4-5)13(18)19/h3-4,14H,1-2H3. The van der Waals surface area contributed by atoms with E-state index in [2.05, 4.69) is 4.74 Å². The largest absolute Gasteiger partial charge is 0.497 e. The van der Waals surface area contributed by atoms with Gasteiger partial charge in [-0.25, -0.2) is 4.79 Å². The molecular formula is C10H9ClN2O7. The van der Waals surface area contributed by atoms with E-state index < -0.39 is 37.8 Å². The molecule has 9 nitrogen and oxygen atoms in total. The first-order valence-corrected chi connectivity index (χ1v) is 5.44. The minimum atomic E-state index is -1.86. The molecule has 0 aliphatic rings. The van der Waals surface area contributed by atoms with Crippen LogP contribution >= 0.6 is 11.6 Å².